The van der Waals surface area contributed by atoms with Crippen LogP contribution in [0.4, 0.5) is 0 Å². The molecule has 23 heavy (non-hydrogen) atoms. The highest BCUT2D eigenvalue weighted by atomic mass is 32.1. The topological polar surface area (TPSA) is 58.0 Å². The molecule has 1 aromatic carbocycles. The monoisotopic (exact) mass is 325 g/mol. The fourth-order valence-corrected chi connectivity index (χ4v) is 3.03. The van der Waals surface area contributed by atoms with Crippen LogP contribution in [-0.2, 0) is 6.54 Å². The summed E-state index contributed by atoms with van der Waals surface area (Å²) >= 11 is 1.58. The van der Waals surface area contributed by atoms with Crippen LogP contribution in [0.1, 0.15) is 22.9 Å². The maximum absolute atomic E-state index is 10.2. The lowest BCUT2D eigenvalue weighted by atomic mass is 10.1. The Morgan fingerprint density at radius 1 is 1.17 bits per heavy atom. The average molecular weight is 325 g/mol. The van der Waals surface area contributed by atoms with E-state index in [1.807, 2.05) is 54.8 Å². The number of aryl methyl sites for hydroxylation is 1. The highest BCUT2D eigenvalue weighted by Gasteiger charge is 2.08. The molecule has 3 aromatic rings. The van der Waals surface area contributed by atoms with Crippen LogP contribution >= 0.6 is 11.3 Å². The van der Waals surface area contributed by atoms with Crippen molar-refractivity contribution in [3.8, 4) is 10.7 Å². The van der Waals surface area contributed by atoms with Crippen LogP contribution in [0.15, 0.2) is 54.0 Å². The molecule has 0 amide bonds. The summed E-state index contributed by atoms with van der Waals surface area (Å²) in [7, 11) is 0. The molecule has 1 unspecified atom stereocenters. The van der Waals surface area contributed by atoms with Crippen molar-refractivity contribution in [1.82, 2.24) is 15.3 Å². The van der Waals surface area contributed by atoms with Crippen molar-refractivity contribution in [2.24, 2.45) is 0 Å². The summed E-state index contributed by atoms with van der Waals surface area (Å²) in [5, 5.41) is 16.4. The van der Waals surface area contributed by atoms with E-state index >= 15 is 0 Å². The van der Waals surface area contributed by atoms with Gasteiger partial charge in [0.25, 0.3) is 0 Å². The van der Waals surface area contributed by atoms with Crippen molar-refractivity contribution in [2.45, 2.75) is 19.6 Å². The van der Waals surface area contributed by atoms with E-state index in [0.717, 1.165) is 22.0 Å². The third-order valence-corrected chi connectivity index (χ3v) is 4.46. The maximum atomic E-state index is 10.2. The number of rotatable bonds is 6. The molecule has 0 saturated heterocycles. The van der Waals surface area contributed by atoms with Crippen molar-refractivity contribution in [3.63, 3.8) is 0 Å². The normalized spacial score (nSPS) is 12.3. The second kappa shape index (κ2) is 7.46. The molecule has 0 bridgehead atoms. The molecular weight excluding hydrogens is 306 g/mol. The Labute approximate surface area is 139 Å². The van der Waals surface area contributed by atoms with Crippen molar-refractivity contribution in [3.05, 3.63) is 70.9 Å². The van der Waals surface area contributed by atoms with Crippen LogP contribution in [0.2, 0.25) is 0 Å². The van der Waals surface area contributed by atoms with Crippen molar-refractivity contribution >= 4 is 11.3 Å². The lowest BCUT2D eigenvalue weighted by molar-refractivity contribution is 0.174. The lowest BCUT2D eigenvalue weighted by Crippen LogP contribution is -2.21. The predicted octanol–water partition coefficient (Wildman–Crippen LogP) is 3.34. The molecule has 1 atom stereocenters. The first kappa shape index (κ1) is 15.8. The number of hydrogen-bond acceptors (Lipinski definition) is 5. The Hall–Kier alpha value is -2.08. The Kier molecular flexibility index (Phi) is 5.12. The molecule has 3 rings (SSSR count). The summed E-state index contributed by atoms with van der Waals surface area (Å²) in [5.74, 6) is 0. The number of thiazole rings is 1. The van der Waals surface area contributed by atoms with Crippen molar-refractivity contribution in [2.75, 3.05) is 6.54 Å². The van der Waals surface area contributed by atoms with Gasteiger partial charge in [0.15, 0.2) is 0 Å². The van der Waals surface area contributed by atoms with Gasteiger partial charge in [0.05, 0.1) is 17.5 Å². The van der Waals surface area contributed by atoms with Crippen LogP contribution < -0.4 is 5.32 Å². The average Bonchev–Trinajstić information content (AvgIpc) is 3.05. The summed E-state index contributed by atoms with van der Waals surface area (Å²) in [4.78, 5) is 8.88. The maximum Gasteiger partial charge on any atom is 0.142 e. The van der Waals surface area contributed by atoms with E-state index in [2.05, 4.69) is 15.3 Å². The van der Waals surface area contributed by atoms with Gasteiger partial charge < -0.3 is 10.4 Å². The first-order chi connectivity index (χ1) is 11.2. The molecule has 0 spiro atoms. The third kappa shape index (κ3) is 4.22. The second-order valence-corrected chi connectivity index (χ2v) is 6.27. The molecule has 0 aliphatic heterocycles. The number of aliphatic hydroxyl groups excluding tert-OH is 1. The number of pyridine rings is 1. The van der Waals surface area contributed by atoms with E-state index in [1.54, 1.807) is 17.5 Å². The molecule has 2 aromatic heterocycles. The molecule has 0 aliphatic carbocycles. The first-order valence-corrected chi connectivity index (χ1v) is 8.41. The van der Waals surface area contributed by atoms with Gasteiger partial charge in [-0.1, -0.05) is 35.9 Å². The number of aliphatic hydroxyl groups is 1. The molecule has 118 valence electrons. The van der Waals surface area contributed by atoms with E-state index in [9.17, 15) is 5.11 Å². The number of nitrogens with one attached hydrogen (secondary N) is 1. The van der Waals surface area contributed by atoms with Gasteiger partial charge in [-0.25, -0.2) is 4.98 Å². The quantitative estimate of drug-likeness (QED) is 0.730. The minimum Gasteiger partial charge on any atom is -0.387 e. The SMILES string of the molecule is Cc1ccc(C(O)CNCc2csc(-c3ccccn3)n2)cc1. The molecule has 0 fully saturated rings. The number of hydrogen-bond donors (Lipinski definition) is 2. The molecule has 5 heteroatoms. The van der Waals surface area contributed by atoms with Crippen molar-refractivity contribution < 1.29 is 5.11 Å². The van der Waals surface area contributed by atoms with Gasteiger partial charge in [-0.2, -0.15) is 0 Å². The molecule has 4 nitrogen and oxygen atoms in total. The van der Waals surface area contributed by atoms with E-state index < -0.39 is 6.10 Å². The fraction of sp³-hybridized carbons (Fsp3) is 0.222. The highest BCUT2D eigenvalue weighted by Crippen LogP contribution is 2.21. The zero-order valence-electron chi connectivity index (χ0n) is 12.9. The Morgan fingerprint density at radius 3 is 2.74 bits per heavy atom. The van der Waals surface area contributed by atoms with E-state index in [0.29, 0.717) is 13.1 Å². The summed E-state index contributed by atoms with van der Waals surface area (Å²) in [6, 6.07) is 13.8. The Bertz CT molecular complexity index is 740. The van der Waals surface area contributed by atoms with Gasteiger partial charge in [0, 0.05) is 24.7 Å². The highest BCUT2D eigenvalue weighted by molar-refractivity contribution is 7.13. The molecule has 0 radical (unpaired) electrons. The summed E-state index contributed by atoms with van der Waals surface area (Å²) in [5.41, 5.74) is 3.98. The number of nitrogens with zero attached hydrogens (tertiary/aromatic N) is 2. The van der Waals surface area contributed by atoms with Crippen LogP contribution in [0.3, 0.4) is 0 Å². The number of aromatic nitrogens is 2. The third-order valence-electron chi connectivity index (χ3n) is 3.54. The predicted molar refractivity (Wildman–Crippen MR) is 93.2 cm³/mol. The van der Waals surface area contributed by atoms with Crippen LogP contribution in [0.25, 0.3) is 10.7 Å². The van der Waals surface area contributed by atoms with Gasteiger partial charge in [-0.3, -0.25) is 4.98 Å². The standard InChI is InChI=1S/C18H19N3OS/c1-13-5-7-14(8-6-13)17(22)11-19-10-15-12-23-18(21-15)16-4-2-3-9-20-16/h2-9,12,17,19,22H,10-11H2,1H3. The second-order valence-electron chi connectivity index (χ2n) is 5.42. The molecule has 2 N–H and O–H groups in total. The van der Waals surface area contributed by atoms with Crippen LogP contribution in [-0.4, -0.2) is 21.6 Å². The van der Waals surface area contributed by atoms with E-state index in [4.69, 9.17) is 0 Å². The molecule has 0 saturated carbocycles. The summed E-state index contributed by atoms with van der Waals surface area (Å²) in [6.45, 7) is 3.17. The Morgan fingerprint density at radius 2 is 2.00 bits per heavy atom. The summed E-state index contributed by atoms with van der Waals surface area (Å²) in [6.07, 6.45) is 1.26. The fourth-order valence-electron chi connectivity index (χ4n) is 2.24. The Balaban J connectivity index is 1.53. The van der Waals surface area contributed by atoms with Gasteiger partial charge in [0.1, 0.15) is 5.01 Å². The zero-order valence-corrected chi connectivity index (χ0v) is 13.8. The van der Waals surface area contributed by atoms with Gasteiger partial charge in [-0.05, 0) is 24.6 Å². The first-order valence-electron chi connectivity index (χ1n) is 7.53. The minimum absolute atomic E-state index is 0.500. The van der Waals surface area contributed by atoms with E-state index in [1.165, 1.54) is 5.56 Å². The molecule has 2 heterocycles. The zero-order chi connectivity index (χ0) is 16.1. The molecule has 0 aliphatic rings. The largest absolute Gasteiger partial charge is 0.387 e. The van der Waals surface area contributed by atoms with Crippen LogP contribution in [0, 0.1) is 6.92 Å². The van der Waals surface area contributed by atoms with Gasteiger partial charge in [0.2, 0.25) is 0 Å². The van der Waals surface area contributed by atoms with E-state index in [-0.39, 0.29) is 0 Å². The smallest absolute Gasteiger partial charge is 0.142 e. The minimum atomic E-state index is -0.510. The summed E-state index contributed by atoms with van der Waals surface area (Å²) < 4.78 is 0. The van der Waals surface area contributed by atoms with Crippen LogP contribution in [0.5, 0.6) is 0 Å². The molecular formula is C18H19N3OS. The van der Waals surface area contributed by atoms with Gasteiger partial charge in [-0.15, -0.1) is 11.3 Å². The lowest BCUT2D eigenvalue weighted by Gasteiger charge is -2.11. The van der Waals surface area contributed by atoms with Crippen molar-refractivity contribution in [1.29, 1.82) is 0 Å². The van der Waals surface area contributed by atoms with Gasteiger partial charge >= 0.3 is 0 Å². The number of benzene rings is 1.